The molecule has 1 aromatic carbocycles. The first kappa shape index (κ1) is 16.4. The number of nitrogens with zero attached hydrogens (tertiary/aromatic N) is 1. The molecular weight excluding hydrogens is 348 g/mol. The van der Waals surface area contributed by atoms with Gasteiger partial charge in [-0.2, -0.15) is 0 Å². The van der Waals surface area contributed by atoms with Gasteiger partial charge < -0.3 is 0 Å². The maximum atomic E-state index is 12.7. The predicted octanol–water partition coefficient (Wildman–Crippen LogP) is 4.90. The number of fused-ring (bicyclic) bond motifs is 1. The molecule has 0 saturated heterocycles. The van der Waals surface area contributed by atoms with Crippen molar-refractivity contribution < 1.29 is 8.42 Å². The molecule has 3 rings (SSSR count). The van der Waals surface area contributed by atoms with Crippen LogP contribution in [0.25, 0.3) is 10.1 Å². The van der Waals surface area contributed by atoms with E-state index in [0.717, 1.165) is 20.5 Å². The summed E-state index contributed by atoms with van der Waals surface area (Å²) in [5, 5.41) is 1.42. The molecular formula is C16H18N2O2S3. The van der Waals surface area contributed by atoms with Gasteiger partial charge in [-0.15, -0.1) is 22.7 Å². The van der Waals surface area contributed by atoms with Crippen molar-refractivity contribution in [3.63, 3.8) is 0 Å². The Morgan fingerprint density at radius 1 is 1.17 bits per heavy atom. The summed E-state index contributed by atoms with van der Waals surface area (Å²) in [6, 6.07) is 6.17. The molecule has 0 aliphatic carbocycles. The number of aromatic nitrogens is 1. The van der Waals surface area contributed by atoms with Crippen molar-refractivity contribution in [2.75, 3.05) is 4.72 Å². The first-order valence-corrected chi connectivity index (χ1v) is 10.4. The Hall–Kier alpha value is -1.44. The smallest absolute Gasteiger partial charge is 0.254 e. The third kappa shape index (κ3) is 3.13. The van der Waals surface area contributed by atoms with Gasteiger partial charge in [-0.3, -0.25) is 4.72 Å². The quantitative estimate of drug-likeness (QED) is 0.714. The minimum atomic E-state index is -3.61. The van der Waals surface area contributed by atoms with Gasteiger partial charge in [0, 0.05) is 15.8 Å². The summed E-state index contributed by atoms with van der Waals surface area (Å²) in [6.07, 6.45) is 1.66. The number of thiophene rings is 1. The molecule has 0 spiro atoms. The molecule has 0 unspecified atom stereocenters. The van der Waals surface area contributed by atoms with Crippen LogP contribution < -0.4 is 4.72 Å². The maximum Gasteiger partial charge on any atom is 0.273 e. The van der Waals surface area contributed by atoms with E-state index in [4.69, 9.17) is 0 Å². The molecule has 0 aliphatic heterocycles. The van der Waals surface area contributed by atoms with Crippen molar-refractivity contribution in [3.8, 4) is 0 Å². The molecule has 4 nitrogen and oxygen atoms in total. The lowest BCUT2D eigenvalue weighted by Crippen LogP contribution is -2.12. The van der Waals surface area contributed by atoms with Crippen LogP contribution in [0, 0.1) is 13.8 Å². The van der Waals surface area contributed by atoms with E-state index in [1.165, 1.54) is 28.2 Å². The lowest BCUT2D eigenvalue weighted by Gasteiger charge is -2.05. The van der Waals surface area contributed by atoms with Crippen LogP contribution in [0.2, 0.25) is 0 Å². The zero-order valence-corrected chi connectivity index (χ0v) is 15.8. The summed E-state index contributed by atoms with van der Waals surface area (Å²) in [5.41, 5.74) is 2.01. The topological polar surface area (TPSA) is 59.1 Å². The second kappa shape index (κ2) is 5.89. The van der Waals surface area contributed by atoms with Crippen molar-refractivity contribution in [2.45, 2.75) is 37.8 Å². The Labute approximate surface area is 144 Å². The standard InChI is InChI=1S/C16H18N2O2S3/c1-9(2)12-5-6-14-13(7-12)11(4)15(22-14)23(19,20)18-16-17-8-10(3)21-16/h5-9H,1-4H3,(H,17,18). The lowest BCUT2D eigenvalue weighted by atomic mass is 10.0. The lowest BCUT2D eigenvalue weighted by molar-refractivity contribution is 0.602. The molecule has 3 aromatic rings. The van der Waals surface area contributed by atoms with Crippen molar-refractivity contribution in [2.24, 2.45) is 0 Å². The van der Waals surface area contributed by atoms with E-state index < -0.39 is 10.0 Å². The van der Waals surface area contributed by atoms with E-state index in [0.29, 0.717) is 15.3 Å². The number of rotatable bonds is 4. The molecule has 2 aromatic heterocycles. The molecule has 1 N–H and O–H groups in total. The maximum absolute atomic E-state index is 12.7. The molecule has 0 atom stereocenters. The summed E-state index contributed by atoms with van der Waals surface area (Å²) >= 11 is 2.64. The number of anilines is 1. The van der Waals surface area contributed by atoms with Crippen LogP contribution in [0.5, 0.6) is 0 Å². The van der Waals surface area contributed by atoms with E-state index in [1.54, 1.807) is 6.20 Å². The Morgan fingerprint density at radius 2 is 1.91 bits per heavy atom. The van der Waals surface area contributed by atoms with Gasteiger partial charge in [0.1, 0.15) is 4.21 Å². The molecule has 0 amide bonds. The SMILES string of the molecule is Cc1cnc(NS(=O)(=O)c2sc3ccc(C(C)C)cc3c2C)s1. The van der Waals surface area contributed by atoms with Crippen molar-refractivity contribution >= 4 is 47.9 Å². The van der Waals surface area contributed by atoms with E-state index in [2.05, 4.69) is 35.7 Å². The average Bonchev–Trinajstić information content (AvgIpc) is 3.02. The van der Waals surface area contributed by atoms with Gasteiger partial charge in [0.05, 0.1) is 0 Å². The molecule has 7 heteroatoms. The second-order valence-corrected chi connectivity index (χ2v) is 9.97. The third-order valence-electron chi connectivity index (χ3n) is 3.67. The fourth-order valence-corrected chi connectivity index (χ4v) is 6.05. The summed E-state index contributed by atoms with van der Waals surface area (Å²) in [4.78, 5) is 5.05. The summed E-state index contributed by atoms with van der Waals surface area (Å²) < 4.78 is 29.3. The number of benzene rings is 1. The predicted molar refractivity (Wildman–Crippen MR) is 98.3 cm³/mol. The molecule has 0 saturated carbocycles. The highest BCUT2D eigenvalue weighted by molar-refractivity contribution is 7.95. The number of hydrogen-bond acceptors (Lipinski definition) is 5. The largest absolute Gasteiger partial charge is 0.273 e. The summed E-state index contributed by atoms with van der Waals surface area (Å²) in [5.74, 6) is 0.412. The third-order valence-corrected chi connectivity index (χ3v) is 7.86. The zero-order valence-electron chi connectivity index (χ0n) is 13.4. The van der Waals surface area contributed by atoms with E-state index >= 15 is 0 Å². The zero-order chi connectivity index (χ0) is 16.8. The Balaban J connectivity index is 2.06. The number of thiazole rings is 1. The number of nitrogens with one attached hydrogen (secondary N) is 1. The number of hydrogen-bond donors (Lipinski definition) is 1. The van der Waals surface area contributed by atoms with Gasteiger partial charge in [-0.05, 0) is 48.4 Å². The highest BCUT2D eigenvalue weighted by Gasteiger charge is 2.23. The Morgan fingerprint density at radius 3 is 2.52 bits per heavy atom. The fraction of sp³-hybridized carbons (Fsp3) is 0.312. The molecule has 2 heterocycles. The van der Waals surface area contributed by atoms with E-state index in [-0.39, 0.29) is 0 Å². The van der Waals surface area contributed by atoms with Gasteiger partial charge in [0.15, 0.2) is 5.13 Å². The Bertz CT molecular complexity index is 969. The van der Waals surface area contributed by atoms with Crippen LogP contribution in [0.3, 0.4) is 0 Å². The normalized spacial score (nSPS) is 12.2. The highest BCUT2D eigenvalue weighted by Crippen LogP contribution is 2.36. The van der Waals surface area contributed by atoms with Gasteiger partial charge in [-0.1, -0.05) is 19.9 Å². The average molecular weight is 367 g/mol. The molecule has 0 bridgehead atoms. The first-order chi connectivity index (χ1) is 10.8. The van der Waals surface area contributed by atoms with Gasteiger partial charge in [-0.25, -0.2) is 13.4 Å². The van der Waals surface area contributed by atoms with Crippen LogP contribution in [0.15, 0.2) is 28.6 Å². The van der Waals surface area contributed by atoms with Crippen molar-refractivity contribution in [3.05, 3.63) is 40.4 Å². The van der Waals surface area contributed by atoms with Crippen LogP contribution in [0.4, 0.5) is 5.13 Å². The van der Waals surface area contributed by atoms with Crippen molar-refractivity contribution in [1.82, 2.24) is 4.98 Å². The molecule has 122 valence electrons. The molecule has 0 fully saturated rings. The van der Waals surface area contributed by atoms with Crippen LogP contribution in [-0.2, 0) is 10.0 Å². The van der Waals surface area contributed by atoms with Crippen LogP contribution in [0.1, 0.15) is 35.8 Å². The van der Waals surface area contributed by atoms with E-state index in [9.17, 15) is 8.42 Å². The fourth-order valence-electron chi connectivity index (χ4n) is 2.39. The number of aryl methyl sites for hydroxylation is 2. The van der Waals surface area contributed by atoms with Crippen LogP contribution >= 0.6 is 22.7 Å². The van der Waals surface area contributed by atoms with E-state index in [1.807, 2.05) is 19.9 Å². The monoisotopic (exact) mass is 366 g/mol. The van der Waals surface area contributed by atoms with Gasteiger partial charge in [0.25, 0.3) is 10.0 Å². The minimum absolute atomic E-state index is 0.362. The number of sulfonamides is 1. The molecule has 23 heavy (non-hydrogen) atoms. The summed E-state index contributed by atoms with van der Waals surface area (Å²) in [6.45, 7) is 8.03. The Kier molecular flexibility index (Phi) is 4.20. The minimum Gasteiger partial charge on any atom is -0.254 e. The second-order valence-electron chi connectivity index (χ2n) is 5.81. The van der Waals surface area contributed by atoms with Crippen LogP contribution in [-0.4, -0.2) is 13.4 Å². The highest BCUT2D eigenvalue weighted by atomic mass is 32.2. The van der Waals surface area contributed by atoms with Gasteiger partial charge >= 0.3 is 0 Å². The van der Waals surface area contributed by atoms with Gasteiger partial charge in [0.2, 0.25) is 0 Å². The summed E-state index contributed by atoms with van der Waals surface area (Å²) in [7, 11) is -3.61. The molecule has 0 aliphatic rings. The van der Waals surface area contributed by atoms with Crippen molar-refractivity contribution in [1.29, 1.82) is 0 Å². The molecule has 0 radical (unpaired) electrons. The first-order valence-electron chi connectivity index (χ1n) is 7.26.